The van der Waals surface area contributed by atoms with Crippen LogP contribution >= 0.6 is 0 Å². The molecular weight excluding hydrogens is 438 g/mol. The number of hydrogen-bond acceptors (Lipinski definition) is 4. The van der Waals surface area contributed by atoms with Gasteiger partial charge in [0.25, 0.3) is 5.91 Å². The molecule has 8 heteroatoms. The lowest BCUT2D eigenvalue weighted by Crippen LogP contribution is -2.44. The number of pyridine rings is 1. The van der Waals surface area contributed by atoms with Crippen molar-refractivity contribution in [1.82, 2.24) is 13.8 Å². The van der Waals surface area contributed by atoms with Crippen LogP contribution in [-0.2, 0) is 17.1 Å². The predicted molar refractivity (Wildman–Crippen MR) is 130 cm³/mol. The maximum Gasteiger partial charge on any atom is 0.259 e. The number of amides is 1. The number of benzene rings is 1. The largest absolute Gasteiger partial charge is 0.350 e. The van der Waals surface area contributed by atoms with Crippen LogP contribution in [0.15, 0.2) is 34.1 Å². The van der Waals surface area contributed by atoms with Gasteiger partial charge >= 0.3 is 0 Å². The van der Waals surface area contributed by atoms with Crippen molar-refractivity contribution in [3.8, 4) is 0 Å². The molecule has 0 N–H and O–H groups in total. The zero-order valence-corrected chi connectivity index (χ0v) is 20.9. The van der Waals surface area contributed by atoms with Crippen molar-refractivity contribution >= 4 is 26.8 Å². The normalized spacial score (nSPS) is 22.8. The maximum atomic E-state index is 13.4. The van der Waals surface area contributed by atoms with Gasteiger partial charge in [-0.25, -0.2) is 8.42 Å². The Balaban J connectivity index is 1.73. The van der Waals surface area contributed by atoms with Gasteiger partial charge in [0.05, 0.1) is 10.4 Å². The van der Waals surface area contributed by atoms with E-state index in [1.54, 1.807) is 41.9 Å². The van der Waals surface area contributed by atoms with E-state index >= 15 is 0 Å². The molecule has 2 fully saturated rings. The van der Waals surface area contributed by atoms with Gasteiger partial charge in [0.1, 0.15) is 5.56 Å². The molecule has 2 atom stereocenters. The van der Waals surface area contributed by atoms with Gasteiger partial charge in [0.15, 0.2) is 0 Å². The fraction of sp³-hybridized carbons (Fsp3) is 0.600. The molecule has 180 valence electrons. The van der Waals surface area contributed by atoms with E-state index in [1.165, 1.54) is 10.4 Å². The highest BCUT2D eigenvalue weighted by Crippen LogP contribution is 2.28. The number of nitrogens with zero attached hydrogens (tertiary/aromatic N) is 3. The minimum Gasteiger partial charge on any atom is -0.350 e. The maximum absolute atomic E-state index is 13.4. The van der Waals surface area contributed by atoms with Crippen LogP contribution in [0.2, 0.25) is 0 Å². The van der Waals surface area contributed by atoms with Crippen LogP contribution in [0.5, 0.6) is 0 Å². The van der Waals surface area contributed by atoms with Crippen molar-refractivity contribution in [2.45, 2.75) is 63.3 Å². The quantitative estimate of drug-likeness (QED) is 0.680. The first-order valence-corrected chi connectivity index (χ1v) is 13.4. The van der Waals surface area contributed by atoms with Crippen molar-refractivity contribution in [3.05, 3.63) is 40.2 Å². The Hall–Kier alpha value is -2.19. The van der Waals surface area contributed by atoms with Gasteiger partial charge in [0.2, 0.25) is 15.5 Å². The first-order chi connectivity index (χ1) is 15.6. The van der Waals surface area contributed by atoms with Gasteiger partial charge in [-0.05, 0) is 49.3 Å². The molecule has 0 radical (unpaired) electrons. The molecule has 33 heavy (non-hydrogen) atoms. The number of carbonyl (C=O) groups excluding carboxylic acids is 1. The molecule has 1 amide bonds. The molecule has 7 nitrogen and oxygen atoms in total. The van der Waals surface area contributed by atoms with Crippen molar-refractivity contribution in [1.29, 1.82) is 0 Å². The lowest BCUT2D eigenvalue weighted by molar-refractivity contribution is 0.0621. The van der Waals surface area contributed by atoms with Crippen LogP contribution in [-0.4, -0.2) is 54.3 Å². The monoisotopic (exact) mass is 473 g/mol. The SMILES string of the molecule is CC1CC(C)CN(C(=O)c2cn(C)c3ccc(S(=O)(=O)N(C)C4CCCCC4)cc3c2=O)C1. The molecule has 1 saturated carbocycles. The van der Waals surface area contributed by atoms with E-state index in [1.807, 2.05) is 0 Å². The second-order valence-electron chi connectivity index (χ2n) is 10.1. The molecular formula is C25H35N3O4S. The molecule has 1 aliphatic carbocycles. The summed E-state index contributed by atoms with van der Waals surface area (Å²) in [4.78, 5) is 28.6. The third-order valence-corrected chi connectivity index (χ3v) is 9.22. The molecule has 2 aliphatic rings. The van der Waals surface area contributed by atoms with Crippen molar-refractivity contribution in [3.63, 3.8) is 0 Å². The Kier molecular flexibility index (Phi) is 6.69. The second-order valence-corrected chi connectivity index (χ2v) is 12.1. The lowest BCUT2D eigenvalue weighted by atomic mass is 9.91. The van der Waals surface area contributed by atoms with Crippen molar-refractivity contribution in [2.24, 2.45) is 18.9 Å². The topological polar surface area (TPSA) is 79.7 Å². The fourth-order valence-electron chi connectivity index (χ4n) is 5.59. The highest BCUT2D eigenvalue weighted by atomic mass is 32.2. The lowest BCUT2D eigenvalue weighted by Gasteiger charge is -2.35. The summed E-state index contributed by atoms with van der Waals surface area (Å²) in [5, 5.41) is 0.263. The fourth-order valence-corrected chi connectivity index (χ4v) is 7.03. The summed E-state index contributed by atoms with van der Waals surface area (Å²) < 4.78 is 29.9. The van der Waals surface area contributed by atoms with Gasteiger partial charge in [-0.1, -0.05) is 33.1 Å². The molecule has 4 rings (SSSR count). The summed E-state index contributed by atoms with van der Waals surface area (Å²) in [6.45, 7) is 5.50. The first kappa shape index (κ1) is 24.0. The summed E-state index contributed by atoms with van der Waals surface area (Å²) >= 11 is 0. The van der Waals surface area contributed by atoms with Gasteiger partial charge in [-0.3, -0.25) is 9.59 Å². The number of hydrogen-bond donors (Lipinski definition) is 0. The van der Waals surface area contributed by atoms with Gasteiger partial charge < -0.3 is 9.47 Å². The Labute approximate surface area is 196 Å². The molecule has 2 aromatic rings. The number of aryl methyl sites for hydroxylation is 1. The molecule has 2 heterocycles. The number of sulfonamides is 1. The molecule has 1 aliphatic heterocycles. The van der Waals surface area contributed by atoms with Crippen LogP contribution in [0.4, 0.5) is 0 Å². The molecule has 1 aromatic heterocycles. The van der Waals surface area contributed by atoms with E-state index in [9.17, 15) is 18.0 Å². The summed E-state index contributed by atoms with van der Waals surface area (Å²) in [5.41, 5.74) is 0.300. The summed E-state index contributed by atoms with van der Waals surface area (Å²) in [6, 6.07) is 4.66. The summed E-state index contributed by atoms with van der Waals surface area (Å²) in [6.07, 6.45) is 7.56. The van der Waals surface area contributed by atoms with E-state index in [0.717, 1.165) is 38.5 Å². The highest BCUT2D eigenvalue weighted by molar-refractivity contribution is 7.89. The zero-order chi connectivity index (χ0) is 23.9. The molecule has 0 spiro atoms. The molecule has 0 bridgehead atoms. The first-order valence-electron chi connectivity index (χ1n) is 12.0. The number of rotatable bonds is 4. The van der Waals surface area contributed by atoms with Crippen LogP contribution < -0.4 is 5.43 Å². The number of carbonyl (C=O) groups is 1. The Morgan fingerprint density at radius 2 is 1.70 bits per heavy atom. The van der Waals surface area contributed by atoms with E-state index < -0.39 is 15.5 Å². The van der Waals surface area contributed by atoms with E-state index in [-0.39, 0.29) is 27.8 Å². The summed E-state index contributed by atoms with van der Waals surface area (Å²) in [5.74, 6) is 0.492. The Morgan fingerprint density at radius 1 is 1.06 bits per heavy atom. The number of aromatic nitrogens is 1. The van der Waals surface area contributed by atoms with Crippen LogP contribution in [0.3, 0.4) is 0 Å². The average Bonchev–Trinajstić information content (AvgIpc) is 2.80. The minimum absolute atomic E-state index is 0.0155. The number of fused-ring (bicyclic) bond motifs is 1. The Morgan fingerprint density at radius 3 is 2.33 bits per heavy atom. The van der Waals surface area contributed by atoms with E-state index in [4.69, 9.17) is 0 Å². The second kappa shape index (κ2) is 9.22. The molecule has 1 saturated heterocycles. The standard InChI is InChI=1S/C25H35N3O4S/c1-17-12-18(2)15-28(14-17)25(30)22-16-26(3)23-11-10-20(13-21(23)24(22)29)33(31,32)27(4)19-8-6-5-7-9-19/h10-11,13,16-19H,5-9,12,14-15H2,1-4H3. The highest BCUT2D eigenvalue weighted by Gasteiger charge is 2.31. The van der Waals surface area contributed by atoms with Gasteiger partial charge in [0, 0.05) is 44.8 Å². The molecule has 1 aromatic carbocycles. The van der Waals surface area contributed by atoms with Gasteiger partial charge in [-0.15, -0.1) is 0 Å². The average molecular weight is 474 g/mol. The van der Waals surface area contributed by atoms with Crippen molar-refractivity contribution in [2.75, 3.05) is 20.1 Å². The summed E-state index contributed by atoms with van der Waals surface area (Å²) in [7, 11) is -0.327. The smallest absolute Gasteiger partial charge is 0.259 e. The van der Waals surface area contributed by atoms with Crippen LogP contribution in [0, 0.1) is 11.8 Å². The van der Waals surface area contributed by atoms with Gasteiger partial charge in [-0.2, -0.15) is 4.31 Å². The number of likely N-dealkylation sites (tertiary alicyclic amines) is 1. The number of piperidine rings is 1. The zero-order valence-electron chi connectivity index (χ0n) is 20.1. The van der Waals surface area contributed by atoms with E-state index in [0.29, 0.717) is 30.4 Å². The molecule has 2 unspecified atom stereocenters. The third-order valence-electron chi connectivity index (χ3n) is 7.31. The Bertz CT molecular complexity index is 1200. The minimum atomic E-state index is -3.74. The van der Waals surface area contributed by atoms with Crippen LogP contribution in [0.25, 0.3) is 10.9 Å². The van der Waals surface area contributed by atoms with E-state index in [2.05, 4.69) is 13.8 Å². The van der Waals surface area contributed by atoms with Crippen molar-refractivity contribution < 1.29 is 13.2 Å². The van der Waals surface area contributed by atoms with Crippen LogP contribution in [0.1, 0.15) is 62.7 Å². The third kappa shape index (κ3) is 4.60. The predicted octanol–water partition coefficient (Wildman–Crippen LogP) is 3.61.